The number of carbonyl (C=O) groups excluding carboxylic acids is 3. The van der Waals surface area contributed by atoms with E-state index in [2.05, 4.69) is 52.6 Å². The summed E-state index contributed by atoms with van der Waals surface area (Å²) in [5.41, 5.74) is -1.30. The fraction of sp³-hybridized carbons (Fsp3) is 0.853. The predicted molar refractivity (Wildman–Crippen MR) is 167 cm³/mol. The average molecular weight is 606 g/mol. The Bertz CT molecular complexity index is 1060. The number of carbonyl (C=O) groups is 3. The molecule has 8 heteroatoms. The molecule has 2 unspecified atom stereocenters. The molecule has 4 saturated carbocycles. The van der Waals surface area contributed by atoms with Gasteiger partial charge in [-0.05, 0) is 94.3 Å². The van der Waals surface area contributed by atoms with Gasteiger partial charge in [-0.2, -0.15) is 0 Å². The van der Waals surface area contributed by atoms with Crippen LogP contribution in [-0.2, 0) is 19.1 Å². The summed E-state index contributed by atoms with van der Waals surface area (Å²) in [7, 11) is 0. The molecule has 0 saturated heterocycles. The maximum Gasteiger partial charge on any atom is 0.407 e. The molecule has 0 aromatic heterocycles. The molecule has 4 rings (SSSR count). The predicted octanol–water partition coefficient (Wildman–Crippen LogP) is 6.71. The molecule has 2 bridgehead atoms. The largest absolute Gasteiger partial charge is 0.461 e. The lowest BCUT2D eigenvalue weighted by Crippen LogP contribution is -2.61. The SMILES string of the molecule is C=C[C@]1(C)C[C@@H](OC(=O)CS[C@@H]2CC[C@@H](NC(=O)OC(C)(C)C)C[C@H]2O)[C@]2(C)C(C)CCC3(CCC(=O)[C@H]32)[C@@H](C)[C@@H]1C. The van der Waals surface area contributed by atoms with E-state index < -0.39 is 23.2 Å². The molecule has 0 aromatic carbocycles. The highest BCUT2D eigenvalue weighted by molar-refractivity contribution is 8.00. The van der Waals surface area contributed by atoms with Gasteiger partial charge in [-0.3, -0.25) is 9.59 Å². The van der Waals surface area contributed by atoms with Crippen LogP contribution in [0.5, 0.6) is 0 Å². The highest BCUT2D eigenvalue weighted by Gasteiger charge is 2.67. The van der Waals surface area contributed by atoms with Gasteiger partial charge in [-0.25, -0.2) is 4.79 Å². The van der Waals surface area contributed by atoms with E-state index in [1.807, 2.05) is 20.8 Å². The van der Waals surface area contributed by atoms with E-state index in [1.54, 1.807) is 0 Å². The average Bonchev–Trinajstić information content (AvgIpc) is 3.25. The number of aliphatic hydroxyl groups is 1. The Kier molecular flexibility index (Phi) is 9.61. The summed E-state index contributed by atoms with van der Waals surface area (Å²) < 4.78 is 11.8. The first kappa shape index (κ1) is 33.4. The van der Waals surface area contributed by atoms with Crippen molar-refractivity contribution >= 4 is 29.6 Å². The molecule has 4 aliphatic rings. The molecule has 4 aliphatic carbocycles. The first-order valence-electron chi connectivity index (χ1n) is 16.1. The van der Waals surface area contributed by atoms with Gasteiger partial charge in [0.05, 0.1) is 11.9 Å². The zero-order valence-electron chi connectivity index (χ0n) is 27.2. The first-order valence-corrected chi connectivity index (χ1v) is 17.2. The van der Waals surface area contributed by atoms with E-state index in [9.17, 15) is 19.5 Å². The summed E-state index contributed by atoms with van der Waals surface area (Å²) in [6.07, 6.45) is 6.67. The second-order valence-corrected chi connectivity index (χ2v) is 16.7. The van der Waals surface area contributed by atoms with Crippen molar-refractivity contribution in [2.45, 2.75) is 136 Å². The number of ether oxygens (including phenoxy) is 2. The van der Waals surface area contributed by atoms with Crippen molar-refractivity contribution in [1.29, 1.82) is 0 Å². The zero-order valence-corrected chi connectivity index (χ0v) is 28.0. The van der Waals surface area contributed by atoms with Crippen LogP contribution in [0.1, 0.15) is 107 Å². The molecule has 0 heterocycles. The number of alkyl carbamates (subject to hydrolysis) is 1. The maximum atomic E-state index is 13.7. The van der Waals surface area contributed by atoms with Crippen molar-refractivity contribution in [3.63, 3.8) is 0 Å². The number of Topliss-reactive ketones (excluding diaryl/α,β-unsaturated/α-hetero) is 1. The van der Waals surface area contributed by atoms with E-state index in [4.69, 9.17) is 9.47 Å². The molecule has 11 atom stereocenters. The molecule has 7 nitrogen and oxygen atoms in total. The summed E-state index contributed by atoms with van der Waals surface area (Å²) in [6, 6.07) is -0.161. The topological polar surface area (TPSA) is 102 Å². The van der Waals surface area contributed by atoms with Gasteiger partial charge >= 0.3 is 12.1 Å². The lowest BCUT2D eigenvalue weighted by atomic mass is 9.42. The third-order valence-electron chi connectivity index (χ3n) is 12.1. The van der Waals surface area contributed by atoms with Crippen LogP contribution in [0.4, 0.5) is 4.79 Å². The Morgan fingerprint density at radius 1 is 1.12 bits per heavy atom. The Hall–Kier alpha value is -1.54. The monoisotopic (exact) mass is 605 g/mol. The fourth-order valence-corrected chi connectivity index (χ4v) is 10.2. The summed E-state index contributed by atoms with van der Waals surface area (Å²) in [6.45, 7) is 21.0. The smallest absolute Gasteiger partial charge is 0.407 e. The molecular formula is C34H55NO6S. The van der Waals surface area contributed by atoms with Gasteiger partial charge in [-0.15, -0.1) is 18.3 Å². The fourth-order valence-electron chi connectivity index (χ4n) is 9.10. The molecule has 0 aliphatic heterocycles. The van der Waals surface area contributed by atoms with E-state index in [-0.39, 0.29) is 51.8 Å². The number of thioether (sulfide) groups is 1. The normalized spacial score (nSPS) is 43.9. The van der Waals surface area contributed by atoms with Crippen LogP contribution in [0.2, 0.25) is 0 Å². The number of ketones is 1. The maximum absolute atomic E-state index is 13.7. The summed E-state index contributed by atoms with van der Waals surface area (Å²) in [5, 5.41) is 13.6. The van der Waals surface area contributed by atoms with Crippen molar-refractivity contribution in [3.8, 4) is 0 Å². The van der Waals surface area contributed by atoms with Crippen LogP contribution in [0, 0.1) is 39.9 Å². The summed E-state index contributed by atoms with van der Waals surface area (Å²) in [4.78, 5) is 39.3. The van der Waals surface area contributed by atoms with Crippen molar-refractivity contribution in [3.05, 3.63) is 12.7 Å². The number of amides is 1. The molecule has 0 aromatic rings. The Labute approximate surface area is 257 Å². The molecule has 0 spiro atoms. The third kappa shape index (κ3) is 6.18. The quantitative estimate of drug-likeness (QED) is 0.256. The molecule has 42 heavy (non-hydrogen) atoms. The number of allylic oxidation sites excluding steroid dienone is 1. The van der Waals surface area contributed by atoms with E-state index >= 15 is 0 Å². The molecule has 4 fully saturated rings. The van der Waals surface area contributed by atoms with E-state index in [1.165, 1.54) is 11.8 Å². The number of rotatable bonds is 6. The number of aliphatic hydroxyl groups excluding tert-OH is 1. The zero-order chi connectivity index (χ0) is 31.3. The van der Waals surface area contributed by atoms with Crippen molar-refractivity contribution in [1.82, 2.24) is 5.32 Å². The van der Waals surface area contributed by atoms with Crippen molar-refractivity contribution in [2.24, 2.45) is 39.9 Å². The van der Waals surface area contributed by atoms with Crippen LogP contribution in [0.25, 0.3) is 0 Å². The molecular weight excluding hydrogens is 550 g/mol. The summed E-state index contributed by atoms with van der Waals surface area (Å²) >= 11 is 1.44. The van der Waals surface area contributed by atoms with Crippen molar-refractivity contribution < 1.29 is 29.0 Å². The van der Waals surface area contributed by atoms with Gasteiger partial charge in [0.2, 0.25) is 0 Å². The lowest BCUT2D eigenvalue weighted by molar-refractivity contribution is -0.196. The first-order chi connectivity index (χ1) is 19.5. The summed E-state index contributed by atoms with van der Waals surface area (Å²) in [5.74, 6) is 1.05. The number of hydrogen-bond donors (Lipinski definition) is 2. The minimum Gasteiger partial charge on any atom is -0.461 e. The third-order valence-corrected chi connectivity index (χ3v) is 13.5. The lowest BCUT2D eigenvalue weighted by Gasteiger charge is -2.62. The number of hydrogen-bond acceptors (Lipinski definition) is 7. The van der Waals surface area contributed by atoms with E-state index in [0.717, 1.165) is 19.3 Å². The number of esters is 1. The van der Waals surface area contributed by atoms with E-state index in [0.29, 0.717) is 49.7 Å². The van der Waals surface area contributed by atoms with Gasteiger partial charge in [-0.1, -0.05) is 40.7 Å². The number of nitrogens with one attached hydrogen (secondary N) is 1. The van der Waals surface area contributed by atoms with Gasteiger partial charge < -0.3 is 19.9 Å². The van der Waals surface area contributed by atoms with Gasteiger partial charge in [0.15, 0.2) is 0 Å². The second kappa shape index (κ2) is 12.1. The van der Waals surface area contributed by atoms with Gasteiger partial charge in [0.1, 0.15) is 17.5 Å². The van der Waals surface area contributed by atoms with Crippen LogP contribution in [-0.4, -0.2) is 57.8 Å². The minimum atomic E-state index is -0.642. The van der Waals surface area contributed by atoms with Gasteiger partial charge in [0.25, 0.3) is 0 Å². The highest BCUT2D eigenvalue weighted by Crippen LogP contribution is 2.69. The van der Waals surface area contributed by atoms with Crippen LogP contribution in [0.3, 0.4) is 0 Å². The molecule has 0 radical (unpaired) electrons. The molecule has 1 amide bonds. The standard InChI is InChI=1S/C34H55NO6S/c1-10-32(8)18-27(33(9)20(2)13-15-34(22(4)21(32)3)16-14-24(36)29(33)34)40-28(38)19-42-26-12-11-23(17-25(26)37)35-30(39)41-31(5,6)7/h10,20-23,25-27,29,37H,1,11-19H2,2-9H3,(H,35,39)/t20?,21-,22-,23+,25+,26+,27+,29-,32+,33-,34?/m0/s1. The minimum absolute atomic E-state index is 0.0576. The van der Waals surface area contributed by atoms with Crippen LogP contribution in [0.15, 0.2) is 12.7 Å². The molecule has 2 N–H and O–H groups in total. The Morgan fingerprint density at radius 3 is 2.43 bits per heavy atom. The Morgan fingerprint density at radius 2 is 1.81 bits per heavy atom. The molecule has 238 valence electrons. The van der Waals surface area contributed by atoms with Crippen molar-refractivity contribution in [2.75, 3.05) is 5.75 Å². The second-order valence-electron chi connectivity index (χ2n) is 15.5. The Balaban J connectivity index is 1.45. The van der Waals surface area contributed by atoms with Crippen LogP contribution >= 0.6 is 11.8 Å². The van der Waals surface area contributed by atoms with Crippen LogP contribution < -0.4 is 5.32 Å². The van der Waals surface area contributed by atoms with Gasteiger partial charge in [0, 0.05) is 29.0 Å². The highest BCUT2D eigenvalue weighted by atomic mass is 32.2.